The monoisotopic (exact) mass is 425 g/mol. The van der Waals surface area contributed by atoms with Gasteiger partial charge in [0.05, 0.1) is 25.2 Å². The normalized spacial score (nSPS) is 12.2. The highest BCUT2D eigenvalue weighted by Crippen LogP contribution is 2.25. The summed E-state index contributed by atoms with van der Waals surface area (Å²) in [5, 5.41) is 0. The molecular formula is C23H23NO5S. The topological polar surface area (TPSA) is 81.7 Å². The van der Waals surface area contributed by atoms with Gasteiger partial charge in [0, 0.05) is 12.0 Å². The van der Waals surface area contributed by atoms with Crippen LogP contribution in [0.25, 0.3) is 0 Å². The molecule has 3 aromatic rings. The number of rotatable bonds is 9. The van der Waals surface area contributed by atoms with E-state index in [-0.39, 0.29) is 17.1 Å². The van der Waals surface area contributed by atoms with Crippen LogP contribution >= 0.6 is 0 Å². The first kappa shape index (κ1) is 21.5. The summed E-state index contributed by atoms with van der Waals surface area (Å²) in [7, 11) is -0.801. The molecule has 0 aliphatic carbocycles. The molecule has 0 fully saturated rings. The summed E-state index contributed by atoms with van der Waals surface area (Å²) in [4.78, 5) is 12.9. The zero-order valence-corrected chi connectivity index (χ0v) is 17.6. The van der Waals surface area contributed by atoms with Crippen molar-refractivity contribution >= 4 is 15.8 Å². The third-order valence-corrected chi connectivity index (χ3v) is 6.16. The predicted octanol–water partition coefficient (Wildman–Crippen LogP) is 4.00. The maximum absolute atomic E-state index is 13.0. The van der Waals surface area contributed by atoms with E-state index in [0.29, 0.717) is 22.6 Å². The third kappa shape index (κ3) is 5.25. The fraction of sp³-hybridized carbons (Fsp3) is 0.174. The summed E-state index contributed by atoms with van der Waals surface area (Å²) in [5.41, 5.74) is 1.19. The van der Waals surface area contributed by atoms with E-state index < -0.39 is 16.1 Å². The zero-order chi connectivity index (χ0) is 21.6. The molecule has 3 aromatic carbocycles. The van der Waals surface area contributed by atoms with Crippen LogP contribution in [0.3, 0.4) is 0 Å². The van der Waals surface area contributed by atoms with Gasteiger partial charge in [0.1, 0.15) is 11.5 Å². The number of hydrogen-bond acceptors (Lipinski definition) is 5. The van der Waals surface area contributed by atoms with Crippen molar-refractivity contribution < 1.29 is 22.7 Å². The molecule has 1 atom stereocenters. The SMILES string of the molecule is COc1ccc(C(CC(=O)c2ccccc2)NS(=O)(=O)c2ccc(OC)cc2)cc1. The van der Waals surface area contributed by atoms with Crippen LogP contribution in [0.15, 0.2) is 83.8 Å². The van der Waals surface area contributed by atoms with Crippen molar-refractivity contribution in [2.75, 3.05) is 14.2 Å². The molecule has 0 bridgehead atoms. The second-order valence-corrected chi connectivity index (χ2v) is 8.33. The van der Waals surface area contributed by atoms with Crippen LogP contribution in [0.5, 0.6) is 11.5 Å². The summed E-state index contributed by atoms with van der Waals surface area (Å²) in [6.45, 7) is 0. The molecule has 3 rings (SSSR count). The van der Waals surface area contributed by atoms with Crippen LogP contribution in [-0.2, 0) is 10.0 Å². The van der Waals surface area contributed by atoms with E-state index in [1.165, 1.54) is 19.2 Å². The number of carbonyl (C=O) groups is 1. The molecule has 0 spiro atoms. The minimum Gasteiger partial charge on any atom is -0.497 e. The lowest BCUT2D eigenvalue weighted by atomic mass is 9.98. The largest absolute Gasteiger partial charge is 0.497 e. The van der Waals surface area contributed by atoms with Crippen LogP contribution < -0.4 is 14.2 Å². The first-order chi connectivity index (χ1) is 14.4. The smallest absolute Gasteiger partial charge is 0.241 e. The summed E-state index contributed by atoms with van der Waals surface area (Å²) in [6.07, 6.45) is -0.0221. The van der Waals surface area contributed by atoms with Gasteiger partial charge in [-0.15, -0.1) is 0 Å². The maximum Gasteiger partial charge on any atom is 0.241 e. The number of benzene rings is 3. The van der Waals surface area contributed by atoms with Gasteiger partial charge in [-0.2, -0.15) is 0 Å². The van der Waals surface area contributed by atoms with Crippen molar-refractivity contribution in [1.82, 2.24) is 4.72 Å². The lowest BCUT2D eigenvalue weighted by Gasteiger charge is -2.19. The van der Waals surface area contributed by atoms with Crippen molar-refractivity contribution in [2.24, 2.45) is 0 Å². The number of hydrogen-bond donors (Lipinski definition) is 1. The molecule has 7 heteroatoms. The van der Waals surface area contributed by atoms with Gasteiger partial charge < -0.3 is 9.47 Å². The summed E-state index contributed by atoms with van der Waals surface area (Å²) in [5.74, 6) is 1.04. The van der Waals surface area contributed by atoms with E-state index in [9.17, 15) is 13.2 Å². The molecule has 6 nitrogen and oxygen atoms in total. The molecule has 1 unspecified atom stereocenters. The van der Waals surface area contributed by atoms with Crippen LogP contribution in [0.1, 0.15) is 28.4 Å². The Labute approximate surface area is 176 Å². The Balaban J connectivity index is 1.90. The molecule has 0 aromatic heterocycles. The Morgan fingerprint density at radius 1 is 0.833 bits per heavy atom. The number of methoxy groups -OCH3 is 2. The molecule has 0 radical (unpaired) electrons. The van der Waals surface area contributed by atoms with Crippen LogP contribution in [-0.4, -0.2) is 28.4 Å². The molecule has 0 amide bonds. The number of carbonyl (C=O) groups excluding carboxylic acids is 1. The van der Waals surface area contributed by atoms with Gasteiger partial charge in [-0.3, -0.25) is 4.79 Å². The minimum atomic E-state index is -3.87. The summed E-state index contributed by atoms with van der Waals surface area (Å²) >= 11 is 0. The standard InChI is InChI=1S/C23H23NO5S/c1-28-19-10-8-17(9-11-19)22(16-23(25)18-6-4-3-5-7-18)24-30(26,27)21-14-12-20(29-2)13-15-21/h3-15,22,24H,16H2,1-2H3. The van der Waals surface area contributed by atoms with Crippen LogP contribution in [0.2, 0.25) is 0 Å². The molecule has 0 aliphatic rings. The van der Waals surface area contributed by atoms with E-state index in [1.807, 2.05) is 6.07 Å². The average Bonchev–Trinajstić information content (AvgIpc) is 2.79. The van der Waals surface area contributed by atoms with E-state index in [4.69, 9.17) is 9.47 Å². The number of ether oxygens (including phenoxy) is 2. The van der Waals surface area contributed by atoms with Crippen molar-refractivity contribution in [3.8, 4) is 11.5 Å². The highest BCUT2D eigenvalue weighted by Gasteiger charge is 2.24. The van der Waals surface area contributed by atoms with E-state index in [1.54, 1.807) is 67.8 Å². The van der Waals surface area contributed by atoms with Gasteiger partial charge >= 0.3 is 0 Å². The molecule has 0 aliphatic heterocycles. The number of nitrogens with one attached hydrogen (secondary N) is 1. The number of sulfonamides is 1. The van der Waals surface area contributed by atoms with Crippen LogP contribution in [0, 0.1) is 0 Å². The van der Waals surface area contributed by atoms with Gasteiger partial charge in [-0.25, -0.2) is 13.1 Å². The van der Waals surface area contributed by atoms with Gasteiger partial charge in [-0.05, 0) is 42.0 Å². The third-order valence-electron chi connectivity index (χ3n) is 4.67. The Bertz CT molecular complexity index is 1080. The van der Waals surface area contributed by atoms with E-state index in [0.717, 1.165) is 0 Å². The lowest BCUT2D eigenvalue weighted by molar-refractivity contribution is 0.0972. The minimum absolute atomic E-state index is 0.0221. The van der Waals surface area contributed by atoms with Gasteiger partial charge in [0.15, 0.2) is 5.78 Å². The first-order valence-corrected chi connectivity index (χ1v) is 10.8. The molecule has 156 valence electrons. The fourth-order valence-electron chi connectivity index (χ4n) is 3.00. The number of Topliss-reactive ketones (excluding diaryl/α,β-unsaturated/α-hetero) is 1. The van der Waals surface area contributed by atoms with E-state index in [2.05, 4.69) is 4.72 Å². The van der Waals surface area contributed by atoms with Crippen LogP contribution in [0.4, 0.5) is 0 Å². The summed E-state index contributed by atoms with van der Waals surface area (Å²) < 4.78 is 38.9. The van der Waals surface area contributed by atoms with Crippen molar-refractivity contribution in [1.29, 1.82) is 0 Å². The average molecular weight is 426 g/mol. The Kier molecular flexibility index (Phi) is 6.87. The van der Waals surface area contributed by atoms with Crippen molar-refractivity contribution in [2.45, 2.75) is 17.4 Å². The summed E-state index contributed by atoms with van der Waals surface area (Å²) in [6, 6.07) is 21.1. The highest BCUT2D eigenvalue weighted by atomic mass is 32.2. The quantitative estimate of drug-likeness (QED) is 0.524. The molecule has 0 heterocycles. The molecular weight excluding hydrogens is 402 g/mol. The zero-order valence-electron chi connectivity index (χ0n) is 16.7. The van der Waals surface area contributed by atoms with Gasteiger partial charge in [0.25, 0.3) is 0 Å². The molecule has 0 saturated carbocycles. The molecule has 30 heavy (non-hydrogen) atoms. The predicted molar refractivity (Wildman–Crippen MR) is 114 cm³/mol. The maximum atomic E-state index is 13.0. The Morgan fingerprint density at radius 2 is 1.37 bits per heavy atom. The second-order valence-electron chi connectivity index (χ2n) is 6.62. The molecule has 1 N–H and O–H groups in total. The highest BCUT2D eigenvalue weighted by molar-refractivity contribution is 7.89. The first-order valence-electron chi connectivity index (χ1n) is 9.31. The van der Waals surface area contributed by atoms with E-state index >= 15 is 0 Å². The second kappa shape index (κ2) is 9.56. The number of ketones is 1. The Hall–Kier alpha value is -3.16. The lowest BCUT2D eigenvalue weighted by Crippen LogP contribution is -2.30. The van der Waals surface area contributed by atoms with Crippen molar-refractivity contribution in [3.05, 3.63) is 90.0 Å². The van der Waals surface area contributed by atoms with Crippen molar-refractivity contribution in [3.63, 3.8) is 0 Å². The molecule has 0 saturated heterocycles. The van der Waals surface area contributed by atoms with Gasteiger partial charge in [0.2, 0.25) is 10.0 Å². The Morgan fingerprint density at radius 3 is 1.90 bits per heavy atom. The fourth-order valence-corrected chi connectivity index (χ4v) is 4.23. The van der Waals surface area contributed by atoms with Gasteiger partial charge in [-0.1, -0.05) is 42.5 Å².